The number of nitrogens with zero attached hydrogens (tertiary/aromatic N) is 3. The molecule has 1 fully saturated rings. The first-order valence-electron chi connectivity index (χ1n) is 7.53. The smallest absolute Gasteiger partial charge is 0.0953 e. The van der Waals surface area contributed by atoms with Crippen molar-refractivity contribution < 1.29 is 0 Å². The van der Waals surface area contributed by atoms with Gasteiger partial charge in [-0.15, -0.1) is 11.3 Å². The van der Waals surface area contributed by atoms with Crippen molar-refractivity contribution in [1.82, 2.24) is 20.2 Å². The van der Waals surface area contributed by atoms with Crippen molar-refractivity contribution in [2.75, 3.05) is 19.6 Å². The molecule has 1 unspecified atom stereocenters. The fourth-order valence-corrected chi connectivity index (χ4v) is 3.66. The minimum Gasteiger partial charge on any atom is -0.314 e. The van der Waals surface area contributed by atoms with Crippen molar-refractivity contribution >= 4 is 11.3 Å². The Labute approximate surface area is 130 Å². The Kier molecular flexibility index (Phi) is 4.63. The van der Waals surface area contributed by atoms with E-state index in [9.17, 15) is 0 Å². The van der Waals surface area contributed by atoms with E-state index in [0.29, 0.717) is 12.0 Å². The molecule has 1 atom stereocenters. The molecule has 1 saturated heterocycles. The number of hydrogen-bond donors (Lipinski definition) is 1. The molecule has 112 valence electrons. The van der Waals surface area contributed by atoms with E-state index in [1.807, 2.05) is 29.9 Å². The molecule has 1 aliphatic rings. The largest absolute Gasteiger partial charge is 0.314 e. The molecule has 1 aliphatic heterocycles. The zero-order chi connectivity index (χ0) is 14.7. The summed E-state index contributed by atoms with van der Waals surface area (Å²) in [5.41, 5.74) is 1.34. The highest BCUT2D eigenvalue weighted by atomic mass is 32.1. The van der Waals surface area contributed by atoms with Crippen molar-refractivity contribution in [3.05, 3.63) is 46.2 Å². The molecule has 4 nitrogen and oxygen atoms in total. The molecule has 3 rings (SSSR count). The predicted octanol–water partition coefficient (Wildman–Crippen LogP) is 2.81. The molecule has 21 heavy (non-hydrogen) atoms. The van der Waals surface area contributed by atoms with Gasteiger partial charge in [-0.2, -0.15) is 0 Å². The minimum absolute atomic E-state index is 0.423. The van der Waals surface area contributed by atoms with Crippen molar-refractivity contribution in [3.8, 4) is 0 Å². The van der Waals surface area contributed by atoms with E-state index in [4.69, 9.17) is 0 Å². The van der Waals surface area contributed by atoms with Crippen LogP contribution in [0.3, 0.4) is 0 Å². The molecule has 0 bridgehead atoms. The third-order valence-corrected chi connectivity index (χ3v) is 5.15. The van der Waals surface area contributed by atoms with Crippen LogP contribution in [0.1, 0.15) is 41.3 Å². The topological polar surface area (TPSA) is 41.1 Å². The van der Waals surface area contributed by atoms with E-state index in [2.05, 4.69) is 46.2 Å². The van der Waals surface area contributed by atoms with Gasteiger partial charge >= 0.3 is 0 Å². The van der Waals surface area contributed by atoms with Crippen LogP contribution in [0.4, 0.5) is 0 Å². The molecule has 2 aromatic rings. The SMILES string of the molecule is CC(C)c1ncc(CN2CCNCC2c2ccncc2)s1. The summed E-state index contributed by atoms with van der Waals surface area (Å²) in [6.07, 6.45) is 5.81. The van der Waals surface area contributed by atoms with E-state index in [-0.39, 0.29) is 0 Å². The van der Waals surface area contributed by atoms with Crippen LogP contribution in [0, 0.1) is 0 Å². The summed E-state index contributed by atoms with van der Waals surface area (Å²) in [6.45, 7) is 8.51. The molecular weight excluding hydrogens is 280 g/mol. The second-order valence-electron chi connectivity index (χ2n) is 5.79. The minimum atomic E-state index is 0.423. The van der Waals surface area contributed by atoms with Crippen LogP contribution in [0.5, 0.6) is 0 Å². The number of piperazine rings is 1. The first-order valence-corrected chi connectivity index (χ1v) is 8.35. The lowest BCUT2D eigenvalue weighted by Gasteiger charge is -2.36. The summed E-state index contributed by atoms with van der Waals surface area (Å²) in [7, 11) is 0. The van der Waals surface area contributed by atoms with Crippen LogP contribution in [-0.4, -0.2) is 34.5 Å². The van der Waals surface area contributed by atoms with Gasteiger partial charge in [0.2, 0.25) is 0 Å². The number of thiazole rings is 1. The molecule has 0 radical (unpaired) electrons. The van der Waals surface area contributed by atoms with Gasteiger partial charge in [0, 0.05) is 61.6 Å². The molecular formula is C16H22N4S. The molecule has 0 spiro atoms. The van der Waals surface area contributed by atoms with Crippen LogP contribution in [0.2, 0.25) is 0 Å². The zero-order valence-electron chi connectivity index (χ0n) is 12.6. The van der Waals surface area contributed by atoms with Gasteiger partial charge in [-0.05, 0) is 17.7 Å². The van der Waals surface area contributed by atoms with Crippen LogP contribution < -0.4 is 5.32 Å². The zero-order valence-corrected chi connectivity index (χ0v) is 13.4. The summed E-state index contributed by atoms with van der Waals surface area (Å²) in [5, 5.41) is 4.73. The highest BCUT2D eigenvalue weighted by Crippen LogP contribution is 2.27. The predicted molar refractivity (Wildman–Crippen MR) is 86.5 cm³/mol. The fraction of sp³-hybridized carbons (Fsp3) is 0.500. The van der Waals surface area contributed by atoms with Gasteiger partial charge < -0.3 is 5.32 Å². The number of pyridine rings is 1. The van der Waals surface area contributed by atoms with Crippen LogP contribution in [-0.2, 0) is 6.54 Å². The third-order valence-electron chi connectivity index (χ3n) is 3.87. The summed E-state index contributed by atoms with van der Waals surface area (Å²) < 4.78 is 0. The fourth-order valence-electron chi connectivity index (χ4n) is 2.71. The first kappa shape index (κ1) is 14.6. The van der Waals surface area contributed by atoms with Gasteiger partial charge in [0.15, 0.2) is 0 Å². The molecule has 2 aromatic heterocycles. The highest BCUT2D eigenvalue weighted by molar-refractivity contribution is 7.11. The van der Waals surface area contributed by atoms with Gasteiger partial charge in [0.1, 0.15) is 0 Å². The Hall–Kier alpha value is -1.30. The molecule has 0 aromatic carbocycles. The molecule has 0 aliphatic carbocycles. The number of aromatic nitrogens is 2. The maximum absolute atomic E-state index is 4.55. The van der Waals surface area contributed by atoms with E-state index >= 15 is 0 Å². The number of hydrogen-bond acceptors (Lipinski definition) is 5. The lowest BCUT2D eigenvalue weighted by Crippen LogP contribution is -2.45. The van der Waals surface area contributed by atoms with E-state index in [1.54, 1.807) is 0 Å². The molecule has 5 heteroatoms. The van der Waals surface area contributed by atoms with Gasteiger partial charge in [-0.3, -0.25) is 9.88 Å². The van der Waals surface area contributed by atoms with E-state index in [0.717, 1.165) is 26.2 Å². The summed E-state index contributed by atoms with van der Waals surface area (Å²) >= 11 is 1.85. The third kappa shape index (κ3) is 3.48. The van der Waals surface area contributed by atoms with E-state index < -0.39 is 0 Å². The number of rotatable bonds is 4. The van der Waals surface area contributed by atoms with Gasteiger partial charge in [-0.1, -0.05) is 13.8 Å². The average Bonchev–Trinajstić information content (AvgIpc) is 2.98. The van der Waals surface area contributed by atoms with Crippen LogP contribution >= 0.6 is 11.3 Å². The van der Waals surface area contributed by atoms with Gasteiger partial charge in [0.25, 0.3) is 0 Å². The van der Waals surface area contributed by atoms with Crippen molar-refractivity contribution in [2.45, 2.75) is 32.4 Å². The summed E-state index contributed by atoms with van der Waals surface area (Å²) in [5.74, 6) is 0.516. The maximum Gasteiger partial charge on any atom is 0.0953 e. The second-order valence-corrected chi connectivity index (χ2v) is 6.94. The monoisotopic (exact) mass is 302 g/mol. The Morgan fingerprint density at radius 3 is 2.90 bits per heavy atom. The molecule has 1 N–H and O–H groups in total. The Bertz CT molecular complexity index is 567. The summed E-state index contributed by atoms with van der Waals surface area (Å²) in [6, 6.07) is 4.67. The van der Waals surface area contributed by atoms with Crippen LogP contribution in [0.15, 0.2) is 30.7 Å². The molecule has 0 amide bonds. The molecule has 3 heterocycles. The standard InChI is InChI=1S/C16H22N4S/c1-12(2)16-19-9-14(21-16)11-20-8-7-18-10-15(20)13-3-5-17-6-4-13/h3-6,9,12,15,18H,7-8,10-11H2,1-2H3. The Balaban J connectivity index is 1.75. The van der Waals surface area contributed by atoms with Crippen LogP contribution in [0.25, 0.3) is 0 Å². The second kappa shape index (κ2) is 6.64. The van der Waals surface area contributed by atoms with Gasteiger partial charge in [-0.25, -0.2) is 4.98 Å². The Morgan fingerprint density at radius 2 is 2.19 bits per heavy atom. The van der Waals surface area contributed by atoms with Gasteiger partial charge in [0.05, 0.1) is 5.01 Å². The lowest BCUT2D eigenvalue weighted by molar-refractivity contribution is 0.155. The summed E-state index contributed by atoms with van der Waals surface area (Å²) in [4.78, 5) is 12.6. The van der Waals surface area contributed by atoms with Crippen molar-refractivity contribution in [1.29, 1.82) is 0 Å². The van der Waals surface area contributed by atoms with E-state index in [1.165, 1.54) is 15.4 Å². The molecule has 0 saturated carbocycles. The highest BCUT2D eigenvalue weighted by Gasteiger charge is 2.24. The normalized spacial score (nSPS) is 20.0. The first-order chi connectivity index (χ1) is 10.2. The number of nitrogens with one attached hydrogen (secondary N) is 1. The maximum atomic E-state index is 4.55. The quantitative estimate of drug-likeness (QED) is 0.943. The van der Waals surface area contributed by atoms with Crippen molar-refractivity contribution in [2.24, 2.45) is 0 Å². The lowest BCUT2D eigenvalue weighted by atomic mass is 10.0. The Morgan fingerprint density at radius 1 is 1.38 bits per heavy atom. The average molecular weight is 302 g/mol. The van der Waals surface area contributed by atoms with Crippen molar-refractivity contribution in [3.63, 3.8) is 0 Å².